The molecule has 9 nitrogen and oxygen atoms in total. The van der Waals surface area contributed by atoms with Crippen molar-refractivity contribution in [1.29, 1.82) is 0 Å². The Morgan fingerprint density at radius 2 is 0.722 bits per heavy atom. The number of nitrogens with zero attached hydrogens (tertiary/aromatic N) is 3. The third-order valence-corrected chi connectivity index (χ3v) is 2.73. The maximum Gasteiger partial charge on any atom is 0.407 e. The number of hydrogen-bond acceptors (Lipinski definition) is 3. The van der Waals surface area contributed by atoms with Crippen molar-refractivity contribution in [2.75, 3.05) is 39.3 Å². The molecule has 0 aromatic carbocycles. The molecule has 0 aromatic heterocycles. The smallest absolute Gasteiger partial charge is 0.407 e. The topological polar surface area (TPSA) is 122 Å². The first-order chi connectivity index (χ1) is 8.41. The minimum atomic E-state index is -1.19. The molecule has 18 heavy (non-hydrogen) atoms. The van der Waals surface area contributed by atoms with Crippen LogP contribution in [-0.2, 0) is 0 Å². The maximum absolute atomic E-state index is 10.9. The van der Waals surface area contributed by atoms with E-state index in [0.717, 1.165) is 14.7 Å². The Bertz CT molecular complexity index is 283. The Hall–Kier alpha value is -2.19. The number of carbonyl (C=O) groups is 3. The SMILES string of the molecule is O=C(O)N1CCN(C(=O)O)CCN(C(=O)O)CC1. The lowest BCUT2D eigenvalue weighted by molar-refractivity contribution is 0.127. The summed E-state index contributed by atoms with van der Waals surface area (Å²) >= 11 is 0. The van der Waals surface area contributed by atoms with Crippen molar-refractivity contribution in [3.05, 3.63) is 0 Å². The van der Waals surface area contributed by atoms with Gasteiger partial charge in [0.2, 0.25) is 0 Å². The van der Waals surface area contributed by atoms with Gasteiger partial charge in [0.1, 0.15) is 0 Å². The molecule has 0 aromatic rings. The summed E-state index contributed by atoms with van der Waals surface area (Å²) < 4.78 is 0. The molecule has 0 atom stereocenters. The van der Waals surface area contributed by atoms with Crippen molar-refractivity contribution in [2.24, 2.45) is 0 Å². The van der Waals surface area contributed by atoms with Gasteiger partial charge in [0, 0.05) is 39.3 Å². The molecule has 0 radical (unpaired) electrons. The Morgan fingerprint density at radius 3 is 0.833 bits per heavy atom. The summed E-state index contributed by atoms with van der Waals surface area (Å²) in [6.45, 7) is 0.221. The average Bonchev–Trinajstić information content (AvgIpc) is 2.37. The van der Waals surface area contributed by atoms with Gasteiger partial charge in [-0.2, -0.15) is 0 Å². The molecule has 1 heterocycles. The Labute approximate surface area is 103 Å². The fraction of sp³-hybridized carbons (Fsp3) is 0.667. The zero-order chi connectivity index (χ0) is 13.7. The summed E-state index contributed by atoms with van der Waals surface area (Å²) in [7, 11) is 0. The van der Waals surface area contributed by atoms with Gasteiger partial charge in [0.25, 0.3) is 0 Å². The molecule has 3 amide bonds. The van der Waals surface area contributed by atoms with Crippen LogP contribution in [0.2, 0.25) is 0 Å². The number of hydrogen-bond donors (Lipinski definition) is 3. The van der Waals surface area contributed by atoms with Gasteiger partial charge in [-0.1, -0.05) is 0 Å². The maximum atomic E-state index is 10.9. The fourth-order valence-corrected chi connectivity index (χ4v) is 1.63. The molecule has 1 aliphatic rings. The minimum Gasteiger partial charge on any atom is -0.465 e. The van der Waals surface area contributed by atoms with Gasteiger partial charge in [-0.3, -0.25) is 0 Å². The first-order valence-corrected chi connectivity index (χ1v) is 5.35. The molecular formula is C9H15N3O6. The van der Waals surface area contributed by atoms with Gasteiger partial charge in [-0.05, 0) is 0 Å². The lowest BCUT2D eigenvalue weighted by Crippen LogP contribution is -2.40. The van der Waals surface area contributed by atoms with Crippen molar-refractivity contribution >= 4 is 18.3 Å². The molecule has 1 rings (SSSR count). The molecule has 1 aliphatic heterocycles. The molecule has 0 aliphatic carbocycles. The minimum absolute atomic E-state index is 0.0368. The van der Waals surface area contributed by atoms with Gasteiger partial charge in [0.15, 0.2) is 0 Å². The van der Waals surface area contributed by atoms with Crippen LogP contribution in [0, 0.1) is 0 Å². The van der Waals surface area contributed by atoms with E-state index >= 15 is 0 Å². The summed E-state index contributed by atoms with van der Waals surface area (Å²) in [5, 5.41) is 26.7. The quantitative estimate of drug-likeness (QED) is 0.561. The van der Waals surface area contributed by atoms with Crippen molar-refractivity contribution in [3.63, 3.8) is 0 Å². The standard InChI is InChI=1S/C9H15N3O6/c13-7(14)10-1-2-11(8(15)16)5-6-12(4-3-10)9(17)18/h1-6H2,(H,13,14)(H,15,16)(H,17,18). The van der Waals surface area contributed by atoms with Gasteiger partial charge in [0.05, 0.1) is 0 Å². The van der Waals surface area contributed by atoms with E-state index in [1.165, 1.54) is 0 Å². The van der Waals surface area contributed by atoms with E-state index in [2.05, 4.69) is 0 Å². The average molecular weight is 261 g/mol. The number of amides is 3. The van der Waals surface area contributed by atoms with E-state index in [9.17, 15) is 14.4 Å². The molecule has 1 fully saturated rings. The van der Waals surface area contributed by atoms with Crippen LogP contribution in [-0.4, -0.2) is 87.6 Å². The van der Waals surface area contributed by atoms with Crippen molar-refractivity contribution in [2.45, 2.75) is 0 Å². The molecule has 0 bridgehead atoms. The second-order valence-corrected chi connectivity index (χ2v) is 3.81. The van der Waals surface area contributed by atoms with Crippen molar-refractivity contribution < 1.29 is 29.7 Å². The predicted molar refractivity (Wildman–Crippen MR) is 58.8 cm³/mol. The van der Waals surface area contributed by atoms with Gasteiger partial charge < -0.3 is 30.0 Å². The summed E-state index contributed by atoms with van der Waals surface area (Å²) in [4.78, 5) is 35.7. The monoisotopic (exact) mass is 261 g/mol. The predicted octanol–water partition coefficient (Wildman–Crippen LogP) is -0.0600. The van der Waals surface area contributed by atoms with E-state index in [4.69, 9.17) is 15.3 Å². The van der Waals surface area contributed by atoms with Crippen LogP contribution in [0.5, 0.6) is 0 Å². The first-order valence-electron chi connectivity index (χ1n) is 5.35. The molecule has 0 saturated carbocycles. The number of rotatable bonds is 0. The molecule has 9 heteroatoms. The van der Waals surface area contributed by atoms with E-state index in [1.807, 2.05) is 0 Å². The highest BCUT2D eigenvalue weighted by Gasteiger charge is 2.23. The molecule has 1 saturated heterocycles. The molecule has 3 N–H and O–H groups in total. The lowest BCUT2D eigenvalue weighted by Gasteiger charge is -2.21. The Kier molecular flexibility index (Phi) is 4.58. The van der Waals surface area contributed by atoms with E-state index in [-0.39, 0.29) is 39.3 Å². The molecule has 0 unspecified atom stereocenters. The normalized spacial score (nSPS) is 17.7. The van der Waals surface area contributed by atoms with Crippen LogP contribution < -0.4 is 0 Å². The Balaban J connectivity index is 2.77. The second-order valence-electron chi connectivity index (χ2n) is 3.81. The van der Waals surface area contributed by atoms with Crippen LogP contribution in [0.25, 0.3) is 0 Å². The second kappa shape index (κ2) is 5.94. The first kappa shape index (κ1) is 13.9. The van der Waals surface area contributed by atoms with Crippen LogP contribution >= 0.6 is 0 Å². The third-order valence-electron chi connectivity index (χ3n) is 2.73. The van der Waals surface area contributed by atoms with E-state index < -0.39 is 18.3 Å². The van der Waals surface area contributed by atoms with E-state index in [0.29, 0.717) is 0 Å². The summed E-state index contributed by atoms with van der Waals surface area (Å²) in [6, 6.07) is 0. The van der Waals surface area contributed by atoms with Gasteiger partial charge >= 0.3 is 18.3 Å². The van der Waals surface area contributed by atoms with Crippen LogP contribution in [0.1, 0.15) is 0 Å². The summed E-state index contributed by atoms with van der Waals surface area (Å²) in [5.74, 6) is 0. The van der Waals surface area contributed by atoms with Crippen molar-refractivity contribution in [1.82, 2.24) is 14.7 Å². The highest BCUT2D eigenvalue weighted by Crippen LogP contribution is 2.01. The van der Waals surface area contributed by atoms with Crippen LogP contribution in [0.4, 0.5) is 14.4 Å². The lowest BCUT2D eigenvalue weighted by atomic mass is 10.4. The highest BCUT2D eigenvalue weighted by atomic mass is 16.4. The zero-order valence-corrected chi connectivity index (χ0v) is 9.65. The van der Waals surface area contributed by atoms with E-state index in [1.54, 1.807) is 0 Å². The highest BCUT2D eigenvalue weighted by molar-refractivity contribution is 5.68. The fourth-order valence-electron chi connectivity index (χ4n) is 1.63. The number of carboxylic acid groups (broad SMARTS) is 3. The van der Waals surface area contributed by atoms with Crippen LogP contribution in [0.15, 0.2) is 0 Å². The van der Waals surface area contributed by atoms with Crippen LogP contribution in [0.3, 0.4) is 0 Å². The van der Waals surface area contributed by atoms with Gasteiger partial charge in [-0.25, -0.2) is 14.4 Å². The van der Waals surface area contributed by atoms with Crippen molar-refractivity contribution in [3.8, 4) is 0 Å². The molecule has 0 spiro atoms. The summed E-state index contributed by atoms with van der Waals surface area (Å²) in [5.41, 5.74) is 0. The molecule has 102 valence electrons. The largest absolute Gasteiger partial charge is 0.465 e. The summed E-state index contributed by atoms with van der Waals surface area (Å²) in [6.07, 6.45) is -3.56. The zero-order valence-electron chi connectivity index (χ0n) is 9.65. The van der Waals surface area contributed by atoms with Gasteiger partial charge in [-0.15, -0.1) is 0 Å². The Morgan fingerprint density at radius 1 is 0.556 bits per heavy atom. The molecular weight excluding hydrogens is 246 g/mol. The third kappa shape index (κ3) is 3.68.